The lowest BCUT2D eigenvalue weighted by Crippen LogP contribution is -2.27. The molecule has 0 rings (SSSR count). The van der Waals surface area contributed by atoms with Crippen molar-refractivity contribution in [2.75, 3.05) is 20.7 Å². The Kier molecular flexibility index (Phi) is 9.42. The molecule has 0 spiro atoms. The predicted octanol–water partition coefficient (Wildman–Crippen LogP) is 3.27. The smallest absolute Gasteiger partial charge is 0.107 e. The van der Waals surface area contributed by atoms with Gasteiger partial charge in [-0.1, -0.05) is 39.0 Å². The van der Waals surface area contributed by atoms with Crippen LogP contribution in [0, 0.1) is 0 Å². The Hall–Kier alpha value is -0.0800. The van der Waals surface area contributed by atoms with Crippen molar-refractivity contribution in [1.29, 1.82) is 0 Å². The fourth-order valence-corrected chi connectivity index (χ4v) is 1.29. The Balaban J connectivity index is 3.06. The van der Waals surface area contributed by atoms with E-state index in [0.717, 1.165) is 6.61 Å². The first-order valence-electron chi connectivity index (χ1n) is 5.96. The second-order valence-electron chi connectivity index (χ2n) is 4.20. The van der Waals surface area contributed by atoms with Crippen molar-refractivity contribution < 1.29 is 4.74 Å². The van der Waals surface area contributed by atoms with Gasteiger partial charge in [0.1, 0.15) is 6.23 Å². The van der Waals surface area contributed by atoms with Gasteiger partial charge in [-0.25, -0.2) is 0 Å². The zero-order valence-corrected chi connectivity index (χ0v) is 10.4. The quantitative estimate of drug-likeness (QED) is 0.419. The molecule has 0 saturated carbocycles. The molecular weight excluding hydrogens is 174 g/mol. The molecule has 0 heterocycles. The van der Waals surface area contributed by atoms with Crippen LogP contribution in [0.4, 0.5) is 0 Å². The van der Waals surface area contributed by atoms with Gasteiger partial charge in [-0.05, 0) is 27.4 Å². The second kappa shape index (κ2) is 9.47. The maximum atomic E-state index is 5.64. The largest absolute Gasteiger partial charge is 0.363 e. The first kappa shape index (κ1) is 13.9. The molecule has 2 heteroatoms. The monoisotopic (exact) mass is 201 g/mol. The van der Waals surface area contributed by atoms with Gasteiger partial charge in [0.15, 0.2) is 0 Å². The standard InChI is InChI=1S/C12H27NO/c1-5-6-7-8-9-10-11-14-12(2)13(3)4/h12H,5-11H2,1-4H3. The van der Waals surface area contributed by atoms with Crippen LogP contribution in [0.2, 0.25) is 0 Å². The summed E-state index contributed by atoms with van der Waals surface area (Å²) in [5.74, 6) is 0. The van der Waals surface area contributed by atoms with E-state index in [-0.39, 0.29) is 6.23 Å². The summed E-state index contributed by atoms with van der Waals surface area (Å²) in [5.41, 5.74) is 0. The molecule has 86 valence electrons. The number of nitrogens with zero attached hydrogens (tertiary/aromatic N) is 1. The van der Waals surface area contributed by atoms with Crippen molar-refractivity contribution in [3.05, 3.63) is 0 Å². The number of ether oxygens (including phenoxy) is 1. The van der Waals surface area contributed by atoms with Crippen LogP contribution in [0.3, 0.4) is 0 Å². The van der Waals surface area contributed by atoms with Crippen LogP contribution < -0.4 is 0 Å². The fraction of sp³-hybridized carbons (Fsp3) is 1.00. The van der Waals surface area contributed by atoms with Crippen LogP contribution in [-0.4, -0.2) is 31.8 Å². The van der Waals surface area contributed by atoms with Gasteiger partial charge in [-0.3, -0.25) is 4.90 Å². The summed E-state index contributed by atoms with van der Waals surface area (Å²) in [6, 6.07) is 0. The Morgan fingerprint density at radius 1 is 1.00 bits per heavy atom. The highest BCUT2D eigenvalue weighted by Gasteiger charge is 2.02. The summed E-state index contributed by atoms with van der Waals surface area (Å²) in [6.45, 7) is 5.25. The molecule has 0 amide bonds. The minimum Gasteiger partial charge on any atom is -0.363 e. The SMILES string of the molecule is CCCCCCCCOC(C)N(C)C. The summed E-state index contributed by atoms with van der Waals surface area (Å²) in [5, 5.41) is 0. The van der Waals surface area contributed by atoms with Crippen molar-refractivity contribution in [2.24, 2.45) is 0 Å². The number of hydrogen-bond acceptors (Lipinski definition) is 2. The molecule has 0 bridgehead atoms. The Bertz CT molecular complexity index is 115. The van der Waals surface area contributed by atoms with Crippen LogP contribution in [-0.2, 0) is 4.74 Å². The molecular formula is C12H27NO. The molecule has 0 aliphatic rings. The highest BCUT2D eigenvalue weighted by Crippen LogP contribution is 2.05. The van der Waals surface area contributed by atoms with E-state index in [0.29, 0.717) is 0 Å². The predicted molar refractivity (Wildman–Crippen MR) is 62.5 cm³/mol. The molecule has 2 nitrogen and oxygen atoms in total. The summed E-state index contributed by atoms with van der Waals surface area (Å²) in [7, 11) is 4.10. The first-order chi connectivity index (χ1) is 6.68. The topological polar surface area (TPSA) is 12.5 Å². The minimum absolute atomic E-state index is 0.255. The molecule has 0 aromatic carbocycles. The molecule has 14 heavy (non-hydrogen) atoms. The van der Waals surface area contributed by atoms with E-state index in [9.17, 15) is 0 Å². The van der Waals surface area contributed by atoms with E-state index >= 15 is 0 Å². The lowest BCUT2D eigenvalue weighted by Gasteiger charge is -2.19. The summed E-state index contributed by atoms with van der Waals surface area (Å²) in [4.78, 5) is 2.09. The molecule has 0 radical (unpaired) electrons. The lowest BCUT2D eigenvalue weighted by molar-refractivity contribution is -0.0241. The minimum atomic E-state index is 0.255. The third-order valence-corrected chi connectivity index (χ3v) is 2.58. The van der Waals surface area contributed by atoms with Gasteiger partial charge < -0.3 is 4.74 Å². The fourth-order valence-electron chi connectivity index (χ4n) is 1.29. The number of hydrogen-bond donors (Lipinski definition) is 0. The lowest BCUT2D eigenvalue weighted by atomic mass is 10.1. The van der Waals surface area contributed by atoms with E-state index in [2.05, 4.69) is 18.7 Å². The van der Waals surface area contributed by atoms with Gasteiger partial charge in [0.2, 0.25) is 0 Å². The molecule has 0 fully saturated rings. The van der Waals surface area contributed by atoms with Crippen LogP contribution >= 0.6 is 0 Å². The van der Waals surface area contributed by atoms with Gasteiger partial charge >= 0.3 is 0 Å². The molecule has 0 aliphatic heterocycles. The van der Waals surface area contributed by atoms with Crippen LogP contribution in [0.5, 0.6) is 0 Å². The molecule has 0 aromatic rings. The van der Waals surface area contributed by atoms with Crippen LogP contribution in [0.15, 0.2) is 0 Å². The highest BCUT2D eigenvalue weighted by atomic mass is 16.5. The van der Waals surface area contributed by atoms with Crippen LogP contribution in [0.25, 0.3) is 0 Å². The maximum absolute atomic E-state index is 5.64. The summed E-state index contributed by atoms with van der Waals surface area (Å²) in [6.07, 6.45) is 8.25. The van der Waals surface area contributed by atoms with Crippen LogP contribution in [0.1, 0.15) is 52.4 Å². The normalized spacial score (nSPS) is 13.5. The van der Waals surface area contributed by atoms with E-state index in [1.54, 1.807) is 0 Å². The van der Waals surface area contributed by atoms with E-state index < -0.39 is 0 Å². The second-order valence-corrected chi connectivity index (χ2v) is 4.20. The van der Waals surface area contributed by atoms with E-state index in [1.807, 2.05) is 14.1 Å². The third kappa shape index (κ3) is 8.52. The van der Waals surface area contributed by atoms with Crippen molar-refractivity contribution in [3.8, 4) is 0 Å². The molecule has 0 saturated heterocycles. The van der Waals surface area contributed by atoms with Gasteiger partial charge in [0, 0.05) is 6.61 Å². The van der Waals surface area contributed by atoms with Gasteiger partial charge in [-0.2, -0.15) is 0 Å². The van der Waals surface area contributed by atoms with Gasteiger partial charge in [0.05, 0.1) is 0 Å². The molecule has 1 atom stereocenters. The van der Waals surface area contributed by atoms with Gasteiger partial charge in [0.25, 0.3) is 0 Å². The van der Waals surface area contributed by atoms with E-state index in [1.165, 1.54) is 38.5 Å². The zero-order valence-electron chi connectivity index (χ0n) is 10.4. The van der Waals surface area contributed by atoms with Crippen molar-refractivity contribution in [1.82, 2.24) is 4.90 Å². The Morgan fingerprint density at radius 3 is 2.14 bits per heavy atom. The summed E-state index contributed by atoms with van der Waals surface area (Å²) >= 11 is 0. The third-order valence-electron chi connectivity index (χ3n) is 2.58. The van der Waals surface area contributed by atoms with Gasteiger partial charge in [-0.15, -0.1) is 0 Å². The van der Waals surface area contributed by atoms with E-state index in [4.69, 9.17) is 4.74 Å². The molecule has 0 aliphatic carbocycles. The average Bonchev–Trinajstić information content (AvgIpc) is 2.16. The first-order valence-corrected chi connectivity index (χ1v) is 5.96. The maximum Gasteiger partial charge on any atom is 0.107 e. The Labute approximate surface area is 89.6 Å². The molecule has 0 aromatic heterocycles. The number of rotatable bonds is 9. The molecule has 1 unspecified atom stereocenters. The summed E-state index contributed by atoms with van der Waals surface area (Å²) < 4.78 is 5.64. The highest BCUT2D eigenvalue weighted by molar-refractivity contribution is 4.47. The van der Waals surface area contributed by atoms with Crippen molar-refractivity contribution in [3.63, 3.8) is 0 Å². The Morgan fingerprint density at radius 2 is 1.57 bits per heavy atom. The van der Waals surface area contributed by atoms with Crippen molar-refractivity contribution in [2.45, 2.75) is 58.6 Å². The molecule has 0 N–H and O–H groups in total. The average molecular weight is 201 g/mol. The zero-order chi connectivity index (χ0) is 10.8. The van der Waals surface area contributed by atoms with Crippen molar-refractivity contribution >= 4 is 0 Å². The number of unbranched alkanes of at least 4 members (excludes halogenated alkanes) is 5.